The van der Waals surface area contributed by atoms with Gasteiger partial charge in [0, 0.05) is 23.4 Å². The van der Waals surface area contributed by atoms with Gasteiger partial charge in [0.1, 0.15) is 10.7 Å². The van der Waals surface area contributed by atoms with E-state index >= 15 is 0 Å². The van der Waals surface area contributed by atoms with Crippen molar-refractivity contribution in [2.24, 2.45) is 5.73 Å². The second kappa shape index (κ2) is 6.70. The monoisotopic (exact) mass is 317 g/mol. The maximum absolute atomic E-state index is 12.1. The second-order valence-electron chi connectivity index (χ2n) is 5.40. The number of aryl methyl sites for hydroxylation is 2. The van der Waals surface area contributed by atoms with E-state index in [9.17, 15) is 9.59 Å². The zero-order valence-electron chi connectivity index (χ0n) is 12.8. The van der Waals surface area contributed by atoms with Crippen LogP contribution in [-0.4, -0.2) is 22.8 Å². The summed E-state index contributed by atoms with van der Waals surface area (Å²) in [6, 6.07) is 5.82. The summed E-state index contributed by atoms with van der Waals surface area (Å²) >= 11 is 1.43. The third kappa shape index (κ3) is 3.92. The van der Waals surface area contributed by atoms with Crippen molar-refractivity contribution in [2.45, 2.75) is 33.2 Å². The van der Waals surface area contributed by atoms with Crippen LogP contribution in [-0.2, 0) is 4.79 Å². The molecule has 0 aliphatic carbocycles. The summed E-state index contributed by atoms with van der Waals surface area (Å²) in [7, 11) is 0. The van der Waals surface area contributed by atoms with Gasteiger partial charge in [-0.25, -0.2) is 4.98 Å². The summed E-state index contributed by atoms with van der Waals surface area (Å²) in [6.07, 6.45) is 0.111. The van der Waals surface area contributed by atoms with Crippen molar-refractivity contribution in [1.29, 1.82) is 0 Å². The predicted molar refractivity (Wildman–Crippen MR) is 87.8 cm³/mol. The van der Waals surface area contributed by atoms with E-state index in [1.807, 2.05) is 26.0 Å². The van der Waals surface area contributed by atoms with Crippen LogP contribution < -0.4 is 11.1 Å². The highest BCUT2D eigenvalue weighted by Crippen LogP contribution is 2.27. The van der Waals surface area contributed by atoms with Crippen molar-refractivity contribution in [1.82, 2.24) is 10.3 Å². The van der Waals surface area contributed by atoms with Crippen molar-refractivity contribution >= 4 is 23.2 Å². The molecule has 2 amide bonds. The van der Waals surface area contributed by atoms with Gasteiger partial charge in [0.05, 0.1) is 0 Å². The Balaban J connectivity index is 2.14. The average Bonchev–Trinajstić information content (AvgIpc) is 2.86. The van der Waals surface area contributed by atoms with Crippen LogP contribution in [0, 0.1) is 13.8 Å². The summed E-state index contributed by atoms with van der Waals surface area (Å²) < 4.78 is 0. The highest BCUT2D eigenvalue weighted by atomic mass is 32.1. The third-order valence-corrected chi connectivity index (χ3v) is 4.11. The minimum Gasteiger partial charge on any atom is -0.370 e. The number of amides is 2. The molecule has 0 radical (unpaired) electrons. The zero-order valence-corrected chi connectivity index (χ0v) is 13.7. The first-order chi connectivity index (χ1) is 10.4. The summed E-state index contributed by atoms with van der Waals surface area (Å²) in [5.74, 6) is -0.733. The first-order valence-corrected chi connectivity index (χ1v) is 7.87. The number of carbonyl (C=O) groups is 2. The molecule has 116 valence electrons. The fraction of sp³-hybridized carbons (Fsp3) is 0.312. The molecule has 2 aromatic rings. The maximum Gasteiger partial charge on any atom is 0.270 e. The van der Waals surface area contributed by atoms with Crippen molar-refractivity contribution in [3.05, 3.63) is 40.4 Å². The number of aromatic nitrogens is 1. The lowest BCUT2D eigenvalue weighted by Gasteiger charge is -2.10. The van der Waals surface area contributed by atoms with Crippen molar-refractivity contribution in [2.75, 3.05) is 0 Å². The quantitative estimate of drug-likeness (QED) is 0.888. The van der Waals surface area contributed by atoms with E-state index < -0.39 is 5.91 Å². The molecule has 0 spiro atoms. The van der Waals surface area contributed by atoms with Gasteiger partial charge in [0.2, 0.25) is 5.91 Å². The molecule has 0 aliphatic heterocycles. The van der Waals surface area contributed by atoms with Crippen LogP contribution in [0.15, 0.2) is 23.6 Å². The van der Waals surface area contributed by atoms with Crippen molar-refractivity contribution < 1.29 is 9.59 Å². The fourth-order valence-corrected chi connectivity index (χ4v) is 3.10. The van der Waals surface area contributed by atoms with Gasteiger partial charge in [-0.1, -0.05) is 23.8 Å². The molecule has 0 unspecified atom stereocenters. The summed E-state index contributed by atoms with van der Waals surface area (Å²) in [4.78, 5) is 27.3. The van der Waals surface area contributed by atoms with E-state index in [-0.39, 0.29) is 18.4 Å². The van der Waals surface area contributed by atoms with Crippen molar-refractivity contribution in [3.8, 4) is 10.6 Å². The number of hydrogen-bond acceptors (Lipinski definition) is 4. The molecule has 1 atom stereocenters. The fourth-order valence-electron chi connectivity index (χ4n) is 2.21. The van der Waals surface area contributed by atoms with Crippen LogP contribution in [0.1, 0.15) is 35.0 Å². The Morgan fingerprint density at radius 3 is 2.73 bits per heavy atom. The second-order valence-corrected chi connectivity index (χ2v) is 6.26. The molecule has 3 N–H and O–H groups in total. The molecular formula is C16H19N3O2S. The molecule has 0 saturated heterocycles. The number of rotatable bonds is 5. The number of benzene rings is 1. The highest BCUT2D eigenvalue weighted by molar-refractivity contribution is 7.13. The lowest BCUT2D eigenvalue weighted by Crippen LogP contribution is -2.35. The van der Waals surface area contributed by atoms with Gasteiger partial charge in [0.25, 0.3) is 5.91 Å². The number of primary amides is 1. The van der Waals surface area contributed by atoms with Gasteiger partial charge in [-0.2, -0.15) is 0 Å². The number of nitrogens with two attached hydrogens (primary N) is 1. The molecule has 0 saturated carbocycles. The molecule has 1 aromatic heterocycles. The van der Waals surface area contributed by atoms with Gasteiger partial charge in [0.15, 0.2) is 0 Å². The Bertz CT molecular complexity index is 709. The molecule has 22 heavy (non-hydrogen) atoms. The maximum atomic E-state index is 12.1. The molecule has 1 aromatic carbocycles. The number of carbonyl (C=O) groups excluding carboxylic acids is 2. The average molecular weight is 317 g/mol. The number of thiazole rings is 1. The molecule has 1 heterocycles. The van der Waals surface area contributed by atoms with Crippen molar-refractivity contribution in [3.63, 3.8) is 0 Å². The van der Waals surface area contributed by atoms with Crippen LogP contribution in [0.5, 0.6) is 0 Å². The predicted octanol–water partition coefficient (Wildman–Crippen LogP) is 2.42. The highest BCUT2D eigenvalue weighted by Gasteiger charge is 2.16. The SMILES string of the molecule is Cc1ccc(-c2nc(C(=O)N[C@@H](C)CC(N)=O)cs2)c(C)c1. The topological polar surface area (TPSA) is 85.1 Å². The van der Waals surface area contributed by atoms with E-state index in [0.29, 0.717) is 5.69 Å². The molecule has 0 bridgehead atoms. The van der Waals surface area contributed by atoms with E-state index in [2.05, 4.69) is 16.4 Å². The van der Waals surface area contributed by atoms with Crippen LogP contribution in [0.25, 0.3) is 10.6 Å². The molecule has 0 fully saturated rings. The Kier molecular flexibility index (Phi) is 4.92. The van der Waals surface area contributed by atoms with Crippen LogP contribution in [0.2, 0.25) is 0 Å². The van der Waals surface area contributed by atoms with Crippen LogP contribution >= 0.6 is 11.3 Å². The molecule has 6 heteroatoms. The molecular weight excluding hydrogens is 298 g/mol. The van der Waals surface area contributed by atoms with Gasteiger partial charge in [-0.05, 0) is 26.3 Å². The third-order valence-electron chi connectivity index (χ3n) is 3.23. The first-order valence-electron chi connectivity index (χ1n) is 6.99. The number of hydrogen-bond donors (Lipinski definition) is 2. The van der Waals surface area contributed by atoms with Gasteiger partial charge in [-0.3, -0.25) is 9.59 Å². The first kappa shape index (κ1) is 16.2. The van der Waals surface area contributed by atoms with E-state index in [0.717, 1.165) is 16.1 Å². The minimum atomic E-state index is -0.443. The Hall–Kier alpha value is -2.21. The molecule has 5 nitrogen and oxygen atoms in total. The normalized spacial score (nSPS) is 12.0. The lowest BCUT2D eigenvalue weighted by atomic mass is 10.1. The molecule has 0 aliphatic rings. The van der Waals surface area contributed by atoms with E-state index in [1.54, 1.807) is 12.3 Å². The minimum absolute atomic E-state index is 0.111. The van der Waals surface area contributed by atoms with E-state index in [4.69, 9.17) is 5.73 Å². The summed E-state index contributed by atoms with van der Waals surface area (Å²) in [6.45, 7) is 5.80. The Labute approximate surface area is 133 Å². The Morgan fingerprint density at radius 1 is 1.36 bits per heavy atom. The summed E-state index contributed by atoms with van der Waals surface area (Å²) in [5, 5.41) is 5.25. The number of nitrogens with zero attached hydrogens (tertiary/aromatic N) is 1. The van der Waals surface area contributed by atoms with Gasteiger partial charge >= 0.3 is 0 Å². The van der Waals surface area contributed by atoms with Crippen LogP contribution in [0.4, 0.5) is 0 Å². The van der Waals surface area contributed by atoms with Crippen LogP contribution in [0.3, 0.4) is 0 Å². The molecule has 2 rings (SSSR count). The van der Waals surface area contributed by atoms with Gasteiger partial charge in [-0.15, -0.1) is 11.3 Å². The largest absolute Gasteiger partial charge is 0.370 e. The lowest BCUT2D eigenvalue weighted by molar-refractivity contribution is -0.118. The Morgan fingerprint density at radius 2 is 2.09 bits per heavy atom. The summed E-state index contributed by atoms with van der Waals surface area (Å²) in [5.41, 5.74) is 8.82. The van der Waals surface area contributed by atoms with Gasteiger partial charge < -0.3 is 11.1 Å². The standard InChI is InChI=1S/C16H19N3O2S/c1-9-4-5-12(10(2)6-9)16-19-13(8-22-16)15(21)18-11(3)7-14(17)20/h4-6,8,11H,7H2,1-3H3,(H2,17,20)(H,18,21)/t11-/m0/s1. The number of nitrogens with one attached hydrogen (secondary N) is 1. The van der Waals surface area contributed by atoms with E-state index in [1.165, 1.54) is 16.9 Å². The smallest absolute Gasteiger partial charge is 0.270 e. The zero-order chi connectivity index (χ0) is 16.3.